The molecule has 464 valence electrons. The molecule has 0 aliphatic heterocycles. The van der Waals surface area contributed by atoms with Gasteiger partial charge in [0.2, 0.25) is 0 Å². The molecule has 0 heterocycles. The summed E-state index contributed by atoms with van der Waals surface area (Å²) in [5.41, 5.74) is 0. The van der Waals surface area contributed by atoms with Crippen molar-refractivity contribution in [2.45, 2.75) is 367 Å². The number of rotatable bonds is 64. The van der Waals surface area contributed by atoms with Crippen molar-refractivity contribution in [1.29, 1.82) is 0 Å². The van der Waals surface area contributed by atoms with Crippen LogP contribution in [0.1, 0.15) is 361 Å². The van der Waals surface area contributed by atoms with Crippen LogP contribution in [0.4, 0.5) is 0 Å². The van der Waals surface area contributed by atoms with Gasteiger partial charge < -0.3 is 14.2 Å². The first-order valence-corrected chi connectivity index (χ1v) is 34.9. The lowest BCUT2D eigenvalue weighted by molar-refractivity contribution is -0.166. The van der Waals surface area contributed by atoms with Crippen LogP contribution in [0.2, 0.25) is 0 Å². The molecule has 0 spiro atoms. The first kappa shape index (κ1) is 76.9. The molecule has 1 unspecified atom stereocenters. The molecule has 0 aromatic carbocycles. The summed E-state index contributed by atoms with van der Waals surface area (Å²) < 4.78 is 16.9. The van der Waals surface area contributed by atoms with Crippen LogP contribution in [-0.2, 0) is 28.6 Å². The molecule has 0 bridgehead atoms. The van der Waals surface area contributed by atoms with Crippen LogP contribution in [0, 0.1) is 0 Å². The Morgan fingerprint density at radius 1 is 0.275 bits per heavy atom. The van der Waals surface area contributed by atoms with E-state index in [2.05, 4.69) is 81.5 Å². The van der Waals surface area contributed by atoms with Gasteiger partial charge in [0, 0.05) is 12.8 Å². The second kappa shape index (κ2) is 68.3. The smallest absolute Gasteiger partial charge is 0.309 e. The molecule has 0 saturated heterocycles. The molecule has 0 radical (unpaired) electrons. The highest BCUT2D eigenvalue weighted by Crippen LogP contribution is 2.18. The van der Waals surface area contributed by atoms with Crippen molar-refractivity contribution in [3.63, 3.8) is 0 Å². The third-order valence-corrected chi connectivity index (χ3v) is 15.5. The topological polar surface area (TPSA) is 78.9 Å². The summed E-state index contributed by atoms with van der Waals surface area (Å²) in [4.78, 5) is 38.3. The third-order valence-electron chi connectivity index (χ3n) is 15.5. The Balaban J connectivity index is 4.22. The molecule has 0 aromatic rings. The second-order valence-electron chi connectivity index (χ2n) is 23.4. The Hall–Kier alpha value is -3.15. The average molecular weight is 1120 g/mol. The van der Waals surface area contributed by atoms with Crippen molar-refractivity contribution in [1.82, 2.24) is 0 Å². The Morgan fingerprint density at radius 2 is 0.537 bits per heavy atom. The highest BCUT2D eigenvalue weighted by atomic mass is 16.6. The molecule has 0 N–H and O–H groups in total. The summed E-state index contributed by atoms with van der Waals surface area (Å²) >= 11 is 0. The predicted molar refractivity (Wildman–Crippen MR) is 348 cm³/mol. The minimum Gasteiger partial charge on any atom is -0.462 e. The summed E-state index contributed by atoms with van der Waals surface area (Å²) in [6.07, 6.45) is 89.7. The first-order valence-electron chi connectivity index (χ1n) is 34.9. The van der Waals surface area contributed by atoms with Crippen LogP contribution in [0.5, 0.6) is 0 Å². The molecule has 0 rings (SSSR count). The fourth-order valence-corrected chi connectivity index (χ4v) is 10.3. The zero-order valence-corrected chi connectivity index (χ0v) is 53.3. The third kappa shape index (κ3) is 65.7. The van der Waals surface area contributed by atoms with Crippen molar-refractivity contribution < 1.29 is 28.6 Å². The van der Waals surface area contributed by atoms with Gasteiger partial charge in [-0.3, -0.25) is 14.4 Å². The van der Waals surface area contributed by atoms with E-state index in [9.17, 15) is 14.4 Å². The van der Waals surface area contributed by atoms with Crippen molar-refractivity contribution in [3.8, 4) is 0 Å². The molecule has 0 fully saturated rings. The number of carbonyl (C=O) groups is 3. The maximum Gasteiger partial charge on any atom is 0.309 e. The molecule has 0 aromatic heterocycles. The van der Waals surface area contributed by atoms with E-state index in [1.807, 2.05) is 12.2 Å². The highest BCUT2D eigenvalue weighted by Gasteiger charge is 2.19. The van der Waals surface area contributed by atoms with E-state index < -0.39 is 12.1 Å². The zero-order chi connectivity index (χ0) is 57.8. The molecular formula is C74H132O6. The van der Waals surface area contributed by atoms with Crippen LogP contribution in [0.25, 0.3) is 0 Å². The van der Waals surface area contributed by atoms with Crippen LogP contribution in [0.15, 0.2) is 72.9 Å². The lowest BCUT2D eigenvalue weighted by Crippen LogP contribution is -2.30. The van der Waals surface area contributed by atoms with E-state index in [0.717, 1.165) is 70.6 Å². The minimum atomic E-state index is -0.813. The summed E-state index contributed by atoms with van der Waals surface area (Å²) in [6, 6.07) is 0. The maximum absolute atomic E-state index is 12.9. The Morgan fingerprint density at radius 3 is 0.863 bits per heavy atom. The lowest BCUT2D eigenvalue weighted by atomic mass is 10.0. The van der Waals surface area contributed by atoms with Gasteiger partial charge in [0.15, 0.2) is 6.10 Å². The normalized spacial score (nSPS) is 12.5. The monoisotopic (exact) mass is 1120 g/mol. The predicted octanol–water partition coefficient (Wildman–Crippen LogP) is 24.1. The molecule has 0 aliphatic rings. The number of unbranched alkanes of at least 4 members (excludes halogenated alkanes) is 42. The van der Waals surface area contributed by atoms with Gasteiger partial charge in [-0.15, -0.1) is 0 Å². The van der Waals surface area contributed by atoms with E-state index in [1.165, 1.54) is 250 Å². The number of hydrogen-bond donors (Lipinski definition) is 0. The van der Waals surface area contributed by atoms with Crippen molar-refractivity contribution in [2.75, 3.05) is 13.2 Å². The number of ether oxygens (including phenoxy) is 3. The quantitative estimate of drug-likeness (QED) is 0.0261. The Labute approximate surface area is 497 Å². The van der Waals surface area contributed by atoms with Crippen molar-refractivity contribution in [2.24, 2.45) is 0 Å². The van der Waals surface area contributed by atoms with Gasteiger partial charge in [-0.2, -0.15) is 0 Å². The van der Waals surface area contributed by atoms with E-state index in [0.29, 0.717) is 12.8 Å². The molecule has 0 amide bonds. The van der Waals surface area contributed by atoms with Gasteiger partial charge in [0.1, 0.15) is 13.2 Å². The standard InChI is InChI=1S/C74H132O6/c1-4-7-10-13-16-19-22-25-28-30-31-32-33-34-35-36-37-38-39-40-41-42-43-44-47-49-52-55-58-61-64-67-73(76)79-70-71(69-78-72(75)66-63-60-57-54-51-48-45-27-24-21-18-15-12-9-6-3)80-74(77)68-65-62-59-56-53-50-46-29-26-23-20-17-14-11-8-5-2/h9,12,18,21,27,30-31,45,51,54,60,63,71H,4-8,10-11,13-17,19-20,22-26,28-29,32-44,46-50,52-53,55-59,61-62,64-70H2,1-3H3/b12-9-,21-18-,31-30-,45-27-,54-51-,63-60-. The number of esters is 3. The summed E-state index contributed by atoms with van der Waals surface area (Å²) in [5, 5.41) is 0. The molecule has 0 saturated carbocycles. The van der Waals surface area contributed by atoms with Gasteiger partial charge in [0.05, 0.1) is 6.42 Å². The van der Waals surface area contributed by atoms with Gasteiger partial charge >= 0.3 is 17.9 Å². The molecular weight excluding hydrogens is 985 g/mol. The van der Waals surface area contributed by atoms with Gasteiger partial charge in [-0.05, 0) is 70.6 Å². The van der Waals surface area contributed by atoms with Gasteiger partial charge in [0.25, 0.3) is 0 Å². The fourth-order valence-electron chi connectivity index (χ4n) is 10.3. The lowest BCUT2D eigenvalue weighted by Gasteiger charge is -2.18. The summed E-state index contributed by atoms with van der Waals surface area (Å²) in [5.74, 6) is -1.01. The van der Waals surface area contributed by atoms with Crippen LogP contribution >= 0.6 is 0 Å². The van der Waals surface area contributed by atoms with E-state index in [4.69, 9.17) is 14.2 Å². The fraction of sp³-hybridized carbons (Fsp3) is 0.797. The number of carbonyl (C=O) groups excluding carboxylic acids is 3. The van der Waals surface area contributed by atoms with Gasteiger partial charge in [-0.1, -0.05) is 344 Å². The van der Waals surface area contributed by atoms with E-state index in [-0.39, 0.29) is 31.6 Å². The SMILES string of the molecule is CC/C=C\C/C=C\C/C=C\C/C=C\C/C=C\CC(=O)OCC(COC(=O)CCCCCCCCCCCCCCCCCCCCC/C=C\CCCCCCCCCC)OC(=O)CCCCCCCCCCCCCCCCCC. The van der Waals surface area contributed by atoms with Crippen molar-refractivity contribution in [3.05, 3.63) is 72.9 Å². The van der Waals surface area contributed by atoms with Crippen LogP contribution < -0.4 is 0 Å². The largest absolute Gasteiger partial charge is 0.462 e. The number of allylic oxidation sites excluding steroid dienone is 11. The Kier molecular flexibility index (Phi) is 65.7. The highest BCUT2D eigenvalue weighted by molar-refractivity contribution is 5.72. The molecule has 6 nitrogen and oxygen atoms in total. The Bertz CT molecular complexity index is 1470. The summed E-state index contributed by atoms with van der Waals surface area (Å²) in [7, 11) is 0. The number of hydrogen-bond acceptors (Lipinski definition) is 6. The molecule has 0 aliphatic carbocycles. The summed E-state index contributed by atoms with van der Waals surface area (Å²) in [6.45, 7) is 6.49. The molecule has 1 atom stereocenters. The second-order valence-corrected chi connectivity index (χ2v) is 23.4. The van der Waals surface area contributed by atoms with E-state index in [1.54, 1.807) is 0 Å². The van der Waals surface area contributed by atoms with Crippen LogP contribution in [0.3, 0.4) is 0 Å². The van der Waals surface area contributed by atoms with Gasteiger partial charge in [-0.25, -0.2) is 0 Å². The van der Waals surface area contributed by atoms with E-state index >= 15 is 0 Å². The zero-order valence-electron chi connectivity index (χ0n) is 53.3. The first-order chi connectivity index (χ1) is 39.5. The van der Waals surface area contributed by atoms with Crippen molar-refractivity contribution >= 4 is 17.9 Å². The molecule has 80 heavy (non-hydrogen) atoms. The maximum atomic E-state index is 12.9. The average Bonchev–Trinajstić information content (AvgIpc) is 3.46. The molecule has 6 heteroatoms. The minimum absolute atomic E-state index is 0.101. The van der Waals surface area contributed by atoms with Crippen LogP contribution in [-0.4, -0.2) is 37.2 Å².